The standard InChI is InChI=1S/C14H20ClN3/c1-3-4-6-9-17(2)14-12(11-15)18-10-7-5-8-13(18)16-14/h5,7-8,10H,3-4,6,9,11H2,1-2H3. The van der Waals surface area contributed by atoms with E-state index in [2.05, 4.69) is 28.3 Å². The molecule has 2 heterocycles. The molecule has 0 aliphatic rings. The van der Waals surface area contributed by atoms with E-state index in [0.717, 1.165) is 23.7 Å². The number of aromatic nitrogens is 2. The Balaban J connectivity index is 2.26. The molecule has 0 aliphatic heterocycles. The minimum atomic E-state index is 0.485. The van der Waals surface area contributed by atoms with Crippen molar-refractivity contribution in [2.45, 2.75) is 32.1 Å². The molecule has 0 aromatic carbocycles. The van der Waals surface area contributed by atoms with Crippen LogP contribution in [0.1, 0.15) is 31.9 Å². The average molecular weight is 266 g/mol. The Hall–Kier alpha value is -1.22. The molecule has 0 radical (unpaired) electrons. The van der Waals surface area contributed by atoms with Crippen LogP contribution in [0, 0.1) is 0 Å². The van der Waals surface area contributed by atoms with E-state index in [-0.39, 0.29) is 0 Å². The van der Waals surface area contributed by atoms with Crippen LogP contribution in [0.2, 0.25) is 0 Å². The second-order valence-electron chi connectivity index (χ2n) is 4.57. The summed E-state index contributed by atoms with van der Waals surface area (Å²) in [5.74, 6) is 1.49. The van der Waals surface area contributed by atoms with Crippen molar-refractivity contribution >= 4 is 23.1 Å². The van der Waals surface area contributed by atoms with Crippen LogP contribution in [0.5, 0.6) is 0 Å². The van der Waals surface area contributed by atoms with Gasteiger partial charge in [0, 0.05) is 19.8 Å². The van der Waals surface area contributed by atoms with Crippen LogP contribution in [0.25, 0.3) is 5.65 Å². The number of rotatable bonds is 6. The van der Waals surface area contributed by atoms with Crippen LogP contribution < -0.4 is 4.90 Å². The number of nitrogens with zero attached hydrogens (tertiary/aromatic N) is 3. The monoisotopic (exact) mass is 265 g/mol. The van der Waals surface area contributed by atoms with Crippen molar-refractivity contribution in [1.29, 1.82) is 0 Å². The molecule has 0 atom stereocenters. The van der Waals surface area contributed by atoms with Gasteiger partial charge in [-0.1, -0.05) is 25.8 Å². The largest absolute Gasteiger partial charge is 0.358 e. The van der Waals surface area contributed by atoms with E-state index < -0.39 is 0 Å². The van der Waals surface area contributed by atoms with Gasteiger partial charge >= 0.3 is 0 Å². The number of pyridine rings is 1. The lowest BCUT2D eigenvalue weighted by Gasteiger charge is -2.17. The zero-order valence-corrected chi connectivity index (χ0v) is 11.8. The molecule has 18 heavy (non-hydrogen) atoms. The maximum atomic E-state index is 6.07. The average Bonchev–Trinajstić information content (AvgIpc) is 2.77. The first kappa shape index (κ1) is 13.2. The summed E-state index contributed by atoms with van der Waals surface area (Å²) in [5, 5.41) is 0. The minimum absolute atomic E-state index is 0.485. The van der Waals surface area contributed by atoms with Gasteiger partial charge in [0.25, 0.3) is 0 Å². The molecule has 2 aromatic heterocycles. The third-order valence-corrected chi connectivity index (χ3v) is 3.45. The molecule has 0 saturated carbocycles. The molecule has 0 unspecified atom stereocenters. The van der Waals surface area contributed by atoms with E-state index in [9.17, 15) is 0 Å². The SMILES string of the molecule is CCCCCN(C)c1nc2ccccn2c1CCl. The molecule has 3 nitrogen and oxygen atoms in total. The third-order valence-electron chi connectivity index (χ3n) is 3.19. The van der Waals surface area contributed by atoms with Crippen LogP contribution in [-0.4, -0.2) is 23.0 Å². The van der Waals surface area contributed by atoms with Gasteiger partial charge in [-0.05, 0) is 18.6 Å². The molecular weight excluding hydrogens is 246 g/mol. The van der Waals surface area contributed by atoms with Crippen molar-refractivity contribution in [1.82, 2.24) is 9.38 Å². The Kier molecular flexibility index (Phi) is 4.48. The molecule has 4 heteroatoms. The fourth-order valence-corrected chi connectivity index (χ4v) is 2.42. The van der Waals surface area contributed by atoms with E-state index in [1.165, 1.54) is 19.3 Å². The Morgan fingerprint density at radius 3 is 2.89 bits per heavy atom. The van der Waals surface area contributed by atoms with Gasteiger partial charge in [-0.15, -0.1) is 11.6 Å². The van der Waals surface area contributed by atoms with Crippen molar-refractivity contribution in [2.24, 2.45) is 0 Å². The summed E-state index contributed by atoms with van der Waals surface area (Å²) in [6.07, 6.45) is 5.71. The lowest BCUT2D eigenvalue weighted by molar-refractivity contribution is 0.701. The molecule has 0 aliphatic carbocycles. The molecule has 0 N–H and O–H groups in total. The fourth-order valence-electron chi connectivity index (χ4n) is 2.17. The second-order valence-corrected chi connectivity index (χ2v) is 4.84. The number of halogens is 1. The Labute approximate surface area is 113 Å². The highest BCUT2D eigenvalue weighted by atomic mass is 35.5. The summed E-state index contributed by atoms with van der Waals surface area (Å²) >= 11 is 6.07. The molecule has 98 valence electrons. The number of hydrogen-bond donors (Lipinski definition) is 0. The molecule has 0 fully saturated rings. The van der Waals surface area contributed by atoms with Gasteiger partial charge in [-0.3, -0.25) is 0 Å². The van der Waals surface area contributed by atoms with Crippen molar-refractivity contribution in [2.75, 3.05) is 18.5 Å². The zero-order valence-electron chi connectivity index (χ0n) is 11.1. The molecule has 0 saturated heterocycles. The van der Waals surface area contributed by atoms with Crippen LogP contribution in [0.15, 0.2) is 24.4 Å². The van der Waals surface area contributed by atoms with Gasteiger partial charge in [0.2, 0.25) is 0 Å². The molecule has 0 amide bonds. The van der Waals surface area contributed by atoms with E-state index in [1.54, 1.807) is 0 Å². The number of fused-ring (bicyclic) bond motifs is 1. The number of alkyl halides is 1. The first-order valence-corrected chi connectivity index (χ1v) is 7.04. The van der Waals surface area contributed by atoms with E-state index in [1.807, 2.05) is 24.4 Å². The fraction of sp³-hybridized carbons (Fsp3) is 0.500. The van der Waals surface area contributed by atoms with Gasteiger partial charge in [-0.25, -0.2) is 4.98 Å². The predicted octanol–water partition coefficient (Wildman–Crippen LogP) is 3.70. The number of unbranched alkanes of at least 4 members (excludes halogenated alkanes) is 2. The lowest BCUT2D eigenvalue weighted by Crippen LogP contribution is -2.20. The van der Waals surface area contributed by atoms with Crippen molar-refractivity contribution in [3.05, 3.63) is 30.1 Å². The molecular formula is C14H20ClN3. The first-order valence-electron chi connectivity index (χ1n) is 6.51. The van der Waals surface area contributed by atoms with E-state index in [4.69, 9.17) is 11.6 Å². The Morgan fingerprint density at radius 2 is 2.17 bits per heavy atom. The molecule has 2 aromatic rings. The summed E-state index contributed by atoms with van der Waals surface area (Å²) in [5.41, 5.74) is 2.04. The van der Waals surface area contributed by atoms with Gasteiger partial charge in [0.05, 0.1) is 11.6 Å². The highest BCUT2D eigenvalue weighted by molar-refractivity contribution is 6.17. The maximum absolute atomic E-state index is 6.07. The van der Waals surface area contributed by atoms with Crippen LogP contribution in [0.4, 0.5) is 5.82 Å². The van der Waals surface area contributed by atoms with Crippen LogP contribution >= 0.6 is 11.6 Å². The van der Waals surface area contributed by atoms with Crippen molar-refractivity contribution in [3.63, 3.8) is 0 Å². The molecule has 2 rings (SSSR count). The topological polar surface area (TPSA) is 20.5 Å². The summed E-state index contributed by atoms with van der Waals surface area (Å²) in [6, 6.07) is 6.02. The summed E-state index contributed by atoms with van der Waals surface area (Å²) in [7, 11) is 2.09. The van der Waals surface area contributed by atoms with Crippen LogP contribution in [0.3, 0.4) is 0 Å². The highest BCUT2D eigenvalue weighted by Crippen LogP contribution is 2.22. The van der Waals surface area contributed by atoms with Gasteiger partial charge in [-0.2, -0.15) is 0 Å². The zero-order chi connectivity index (χ0) is 13.0. The van der Waals surface area contributed by atoms with Crippen LogP contribution in [-0.2, 0) is 5.88 Å². The van der Waals surface area contributed by atoms with Gasteiger partial charge in [0.1, 0.15) is 5.65 Å². The maximum Gasteiger partial charge on any atom is 0.152 e. The predicted molar refractivity (Wildman–Crippen MR) is 77.5 cm³/mol. The van der Waals surface area contributed by atoms with Gasteiger partial charge < -0.3 is 9.30 Å². The molecule has 0 spiro atoms. The smallest absolute Gasteiger partial charge is 0.152 e. The van der Waals surface area contributed by atoms with E-state index >= 15 is 0 Å². The summed E-state index contributed by atoms with van der Waals surface area (Å²) in [4.78, 5) is 6.88. The number of hydrogen-bond acceptors (Lipinski definition) is 2. The normalized spacial score (nSPS) is 11.1. The Morgan fingerprint density at radius 1 is 1.33 bits per heavy atom. The number of anilines is 1. The first-order chi connectivity index (χ1) is 8.77. The second kappa shape index (κ2) is 6.10. The minimum Gasteiger partial charge on any atom is -0.358 e. The molecule has 0 bridgehead atoms. The third kappa shape index (κ3) is 2.61. The Bertz CT molecular complexity index is 507. The highest BCUT2D eigenvalue weighted by Gasteiger charge is 2.14. The summed E-state index contributed by atoms with van der Waals surface area (Å²) in [6.45, 7) is 3.25. The van der Waals surface area contributed by atoms with Crippen molar-refractivity contribution in [3.8, 4) is 0 Å². The van der Waals surface area contributed by atoms with Crippen molar-refractivity contribution < 1.29 is 0 Å². The lowest BCUT2D eigenvalue weighted by atomic mass is 10.2. The number of imidazole rings is 1. The van der Waals surface area contributed by atoms with Gasteiger partial charge in [0.15, 0.2) is 5.82 Å². The quantitative estimate of drug-likeness (QED) is 0.586. The summed E-state index contributed by atoms with van der Waals surface area (Å²) < 4.78 is 2.07. The van der Waals surface area contributed by atoms with E-state index in [0.29, 0.717) is 5.88 Å².